The van der Waals surface area contributed by atoms with Gasteiger partial charge in [0.2, 0.25) is 0 Å². The third-order valence-electron chi connectivity index (χ3n) is 2.19. The Kier molecular flexibility index (Phi) is 2.78. The van der Waals surface area contributed by atoms with Gasteiger partial charge >= 0.3 is 0 Å². The summed E-state index contributed by atoms with van der Waals surface area (Å²) in [7, 11) is 0. The van der Waals surface area contributed by atoms with Crippen LogP contribution in [0.4, 0.5) is 4.39 Å². The Hall–Kier alpha value is -2.01. The van der Waals surface area contributed by atoms with Crippen LogP contribution >= 0.6 is 0 Å². The maximum absolute atomic E-state index is 13.0. The summed E-state index contributed by atoms with van der Waals surface area (Å²) in [4.78, 5) is 18.0. The Morgan fingerprint density at radius 2 is 2.25 bits per heavy atom. The van der Waals surface area contributed by atoms with Crippen LogP contribution in [-0.4, -0.2) is 9.97 Å². The lowest BCUT2D eigenvalue weighted by Crippen LogP contribution is -2.17. The average molecular weight is 219 g/mol. The topological polar surface area (TPSA) is 71.8 Å². The summed E-state index contributed by atoms with van der Waals surface area (Å²) >= 11 is 0. The molecule has 16 heavy (non-hydrogen) atoms. The molecule has 0 saturated carbocycles. The van der Waals surface area contributed by atoms with Crippen molar-refractivity contribution in [2.24, 2.45) is 5.73 Å². The Bertz CT molecular complexity index is 565. The van der Waals surface area contributed by atoms with Gasteiger partial charge in [-0.25, -0.2) is 9.37 Å². The number of nitrogens with one attached hydrogen (secondary N) is 1. The van der Waals surface area contributed by atoms with Gasteiger partial charge in [0.25, 0.3) is 5.56 Å². The van der Waals surface area contributed by atoms with Crippen LogP contribution in [-0.2, 0) is 6.54 Å². The van der Waals surface area contributed by atoms with E-state index in [4.69, 9.17) is 5.73 Å². The maximum atomic E-state index is 13.0. The van der Waals surface area contributed by atoms with E-state index in [1.807, 2.05) is 0 Å². The fraction of sp³-hybridized carbons (Fsp3) is 0.0909. The summed E-state index contributed by atoms with van der Waals surface area (Å²) < 4.78 is 13.0. The molecule has 0 amide bonds. The average Bonchev–Trinajstić information content (AvgIpc) is 2.29. The van der Waals surface area contributed by atoms with Gasteiger partial charge in [0.1, 0.15) is 11.6 Å². The number of nitrogens with zero attached hydrogens (tertiary/aromatic N) is 1. The molecule has 0 aliphatic rings. The molecule has 0 radical (unpaired) electrons. The maximum Gasteiger partial charge on any atom is 0.255 e. The predicted molar refractivity (Wildman–Crippen MR) is 58.1 cm³/mol. The van der Waals surface area contributed by atoms with Gasteiger partial charge in [-0.3, -0.25) is 4.79 Å². The highest BCUT2D eigenvalue weighted by atomic mass is 19.1. The van der Waals surface area contributed by atoms with Crippen molar-refractivity contribution in [3.8, 4) is 11.4 Å². The van der Waals surface area contributed by atoms with E-state index in [0.29, 0.717) is 17.0 Å². The molecule has 0 aliphatic carbocycles. The van der Waals surface area contributed by atoms with E-state index in [1.54, 1.807) is 12.1 Å². The van der Waals surface area contributed by atoms with E-state index in [-0.39, 0.29) is 17.9 Å². The first kappa shape index (κ1) is 10.5. The summed E-state index contributed by atoms with van der Waals surface area (Å²) in [6.45, 7) is 0.131. The summed E-state index contributed by atoms with van der Waals surface area (Å²) in [5, 5.41) is 0. The summed E-state index contributed by atoms with van der Waals surface area (Å²) in [6, 6.07) is 5.86. The zero-order valence-corrected chi connectivity index (χ0v) is 8.40. The molecule has 0 bridgehead atoms. The largest absolute Gasteiger partial charge is 0.326 e. The van der Waals surface area contributed by atoms with Crippen LogP contribution in [0.1, 0.15) is 5.56 Å². The SMILES string of the molecule is NCc1cnc(-c2cccc(F)c2)[nH]c1=O. The van der Waals surface area contributed by atoms with Gasteiger partial charge in [-0.1, -0.05) is 12.1 Å². The lowest BCUT2D eigenvalue weighted by Gasteiger charge is -2.01. The number of hydrogen-bond acceptors (Lipinski definition) is 3. The second-order valence-corrected chi connectivity index (χ2v) is 3.30. The van der Waals surface area contributed by atoms with Crippen molar-refractivity contribution in [3.63, 3.8) is 0 Å². The predicted octanol–water partition coefficient (Wildman–Crippen LogP) is 1.03. The zero-order chi connectivity index (χ0) is 11.5. The van der Waals surface area contributed by atoms with Gasteiger partial charge in [0.05, 0.1) is 0 Å². The molecule has 0 spiro atoms. The number of benzene rings is 1. The van der Waals surface area contributed by atoms with Crippen molar-refractivity contribution in [2.75, 3.05) is 0 Å². The Morgan fingerprint density at radius 3 is 2.88 bits per heavy atom. The van der Waals surface area contributed by atoms with Crippen LogP contribution in [0, 0.1) is 5.82 Å². The second kappa shape index (κ2) is 4.24. The van der Waals surface area contributed by atoms with Crippen molar-refractivity contribution >= 4 is 0 Å². The summed E-state index contributed by atoms with van der Waals surface area (Å²) in [6.07, 6.45) is 1.40. The molecule has 0 saturated heterocycles. The minimum Gasteiger partial charge on any atom is -0.326 e. The van der Waals surface area contributed by atoms with Crippen LogP contribution in [0.3, 0.4) is 0 Å². The lowest BCUT2D eigenvalue weighted by atomic mass is 10.2. The number of nitrogens with two attached hydrogens (primary N) is 1. The van der Waals surface area contributed by atoms with Crippen LogP contribution in [0.25, 0.3) is 11.4 Å². The van der Waals surface area contributed by atoms with Gasteiger partial charge in [-0.05, 0) is 12.1 Å². The number of H-pyrrole nitrogens is 1. The van der Waals surface area contributed by atoms with E-state index in [2.05, 4.69) is 9.97 Å². The lowest BCUT2D eigenvalue weighted by molar-refractivity contribution is 0.628. The Morgan fingerprint density at radius 1 is 1.44 bits per heavy atom. The highest BCUT2D eigenvalue weighted by Gasteiger charge is 2.04. The molecule has 4 nitrogen and oxygen atoms in total. The summed E-state index contributed by atoms with van der Waals surface area (Å²) in [5.41, 5.74) is 5.98. The molecule has 1 aromatic heterocycles. The molecule has 1 aromatic carbocycles. The Labute approximate surface area is 91.0 Å². The fourth-order valence-corrected chi connectivity index (χ4v) is 1.35. The minimum absolute atomic E-state index is 0.131. The van der Waals surface area contributed by atoms with Gasteiger partial charge in [-0.15, -0.1) is 0 Å². The molecule has 82 valence electrons. The summed E-state index contributed by atoms with van der Waals surface area (Å²) in [5.74, 6) is -0.0373. The molecule has 0 fully saturated rings. The van der Waals surface area contributed by atoms with E-state index >= 15 is 0 Å². The Balaban J connectivity index is 2.49. The van der Waals surface area contributed by atoms with Gasteiger partial charge in [-0.2, -0.15) is 0 Å². The van der Waals surface area contributed by atoms with E-state index in [0.717, 1.165) is 0 Å². The first-order valence-electron chi connectivity index (χ1n) is 4.75. The number of aromatic nitrogens is 2. The quantitative estimate of drug-likeness (QED) is 0.792. The van der Waals surface area contributed by atoms with Crippen LogP contribution in [0.15, 0.2) is 35.3 Å². The first-order chi connectivity index (χ1) is 7.70. The highest BCUT2D eigenvalue weighted by molar-refractivity contribution is 5.54. The molecule has 0 unspecified atom stereocenters. The number of aromatic amines is 1. The van der Waals surface area contributed by atoms with Gasteiger partial charge < -0.3 is 10.7 Å². The molecule has 0 atom stereocenters. The molecule has 1 heterocycles. The van der Waals surface area contributed by atoms with Crippen molar-refractivity contribution in [1.82, 2.24) is 9.97 Å². The normalized spacial score (nSPS) is 10.4. The van der Waals surface area contributed by atoms with Crippen LogP contribution in [0.2, 0.25) is 0 Å². The van der Waals surface area contributed by atoms with Crippen molar-refractivity contribution < 1.29 is 4.39 Å². The van der Waals surface area contributed by atoms with E-state index < -0.39 is 0 Å². The van der Waals surface area contributed by atoms with Crippen LogP contribution < -0.4 is 11.3 Å². The van der Waals surface area contributed by atoms with E-state index in [1.165, 1.54) is 18.3 Å². The highest BCUT2D eigenvalue weighted by Crippen LogP contribution is 2.13. The smallest absolute Gasteiger partial charge is 0.255 e. The number of rotatable bonds is 2. The van der Waals surface area contributed by atoms with Crippen molar-refractivity contribution in [1.29, 1.82) is 0 Å². The number of hydrogen-bond donors (Lipinski definition) is 2. The third-order valence-corrected chi connectivity index (χ3v) is 2.19. The molecule has 2 aromatic rings. The molecule has 2 rings (SSSR count). The van der Waals surface area contributed by atoms with Gasteiger partial charge in [0.15, 0.2) is 0 Å². The van der Waals surface area contributed by atoms with E-state index in [9.17, 15) is 9.18 Å². The monoisotopic (exact) mass is 219 g/mol. The third kappa shape index (κ3) is 1.99. The molecular formula is C11H10FN3O. The van der Waals surface area contributed by atoms with Crippen molar-refractivity contribution in [2.45, 2.75) is 6.54 Å². The van der Waals surface area contributed by atoms with Crippen LogP contribution in [0.5, 0.6) is 0 Å². The fourth-order valence-electron chi connectivity index (χ4n) is 1.35. The van der Waals surface area contributed by atoms with Gasteiger partial charge in [0, 0.05) is 23.9 Å². The van der Waals surface area contributed by atoms with Crippen molar-refractivity contribution in [3.05, 3.63) is 52.2 Å². The number of halogens is 1. The molecule has 5 heteroatoms. The second-order valence-electron chi connectivity index (χ2n) is 3.30. The zero-order valence-electron chi connectivity index (χ0n) is 8.40. The molecule has 3 N–H and O–H groups in total. The molecular weight excluding hydrogens is 209 g/mol. The molecule has 0 aliphatic heterocycles. The standard InChI is InChI=1S/C11H10FN3O/c12-9-3-1-2-7(4-9)10-14-6-8(5-13)11(16)15-10/h1-4,6H,5,13H2,(H,14,15,16). The first-order valence-corrected chi connectivity index (χ1v) is 4.75. The minimum atomic E-state index is -0.372.